The predicted octanol–water partition coefficient (Wildman–Crippen LogP) is 3.16. The van der Waals surface area contributed by atoms with Crippen molar-refractivity contribution >= 4 is 10.0 Å². The lowest BCUT2D eigenvalue weighted by Gasteiger charge is -2.19. The number of rotatable bonds is 8. The molecule has 0 aromatic heterocycles. The number of halogens is 1. The molecule has 0 aliphatic heterocycles. The second kappa shape index (κ2) is 8.58. The van der Waals surface area contributed by atoms with E-state index in [1.807, 2.05) is 32.0 Å². The predicted molar refractivity (Wildman–Crippen MR) is 101 cm³/mol. The van der Waals surface area contributed by atoms with E-state index in [1.54, 1.807) is 0 Å². The van der Waals surface area contributed by atoms with Gasteiger partial charge in [0.1, 0.15) is 23.1 Å². The Hall–Kier alpha value is -2.32. The van der Waals surface area contributed by atoms with E-state index in [0.29, 0.717) is 5.75 Å². The van der Waals surface area contributed by atoms with E-state index >= 15 is 0 Å². The molecule has 0 unspecified atom stereocenters. The maximum absolute atomic E-state index is 14.3. The van der Waals surface area contributed by atoms with Crippen LogP contribution in [0.4, 0.5) is 4.39 Å². The number of hydrogen-bond donors (Lipinski definition) is 0. The van der Waals surface area contributed by atoms with Gasteiger partial charge in [0, 0.05) is 25.7 Å². The molecular weight excluding hydrogens is 373 g/mol. The van der Waals surface area contributed by atoms with Gasteiger partial charge >= 0.3 is 0 Å². The highest BCUT2D eigenvalue weighted by atomic mass is 32.2. The van der Waals surface area contributed by atoms with Gasteiger partial charge in [0.05, 0.1) is 14.2 Å². The lowest BCUT2D eigenvalue weighted by Crippen LogP contribution is -2.31. The Morgan fingerprint density at radius 2 is 1.52 bits per heavy atom. The van der Waals surface area contributed by atoms with Crippen LogP contribution in [0.3, 0.4) is 0 Å². The van der Waals surface area contributed by atoms with E-state index in [4.69, 9.17) is 14.2 Å². The molecule has 0 atom stereocenters. The fourth-order valence-electron chi connectivity index (χ4n) is 2.63. The zero-order chi connectivity index (χ0) is 20.2. The number of aryl methyl sites for hydroxylation is 2. The lowest BCUT2D eigenvalue weighted by atomic mass is 10.1. The average molecular weight is 397 g/mol. The minimum Gasteiger partial charge on any atom is -0.493 e. The van der Waals surface area contributed by atoms with Crippen molar-refractivity contribution in [3.8, 4) is 17.2 Å². The van der Waals surface area contributed by atoms with Crippen LogP contribution < -0.4 is 14.2 Å². The van der Waals surface area contributed by atoms with Crippen LogP contribution in [0.25, 0.3) is 0 Å². The zero-order valence-electron chi connectivity index (χ0n) is 16.1. The van der Waals surface area contributed by atoms with Crippen molar-refractivity contribution in [2.75, 3.05) is 34.4 Å². The monoisotopic (exact) mass is 397 g/mol. The Bertz CT molecular complexity index is 894. The summed E-state index contributed by atoms with van der Waals surface area (Å²) in [6, 6.07) is 7.87. The summed E-state index contributed by atoms with van der Waals surface area (Å²) in [7, 11) is 0.0200. The number of nitrogens with zero attached hydrogens (tertiary/aromatic N) is 1. The van der Waals surface area contributed by atoms with E-state index < -0.39 is 20.7 Å². The molecule has 0 bridgehead atoms. The summed E-state index contributed by atoms with van der Waals surface area (Å²) in [5.74, 6) is 0.0115. The third-order valence-electron chi connectivity index (χ3n) is 4.00. The summed E-state index contributed by atoms with van der Waals surface area (Å²) in [5, 5.41) is 0. The molecule has 0 spiro atoms. The summed E-state index contributed by atoms with van der Waals surface area (Å²) in [6.45, 7) is 4.10. The van der Waals surface area contributed by atoms with Crippen LogP contribution in [0.5, 0.6) is 17.2 Å². The van der Waals surface area contributed by atoms with Gasteiger partial charge in [0.25, 0.3) is 0 Å². The van der Waals surface area contributed by atoms with Gasteiger partial charge in [0.15, 0.2) is 11.5 Å². The minimum absolute atomic E-state index is 0.0586. The summed E-state index contributed by atoms with van der Waals surface area (Å²) in [6.07, 6.45) is 0. The van der Waals surface area contributed by atoms with Crippen LogP contribution in [0.1, 0.15) is 11.1 Å². The van der Waals surface area contributed by atoms with Crippen LogP contribution in [0.15, 0.2) is 35.2 Å². The topological polar surface area (TPSA) is 65.1 Å². The van der Waals surface area contributed by atoms with Gasteiger partial charge in [0.2, 0.25) is 10.0 Å². The molecule has 0 N–H and O–H groups in total. The number of sulfonamides is 1. The Labute approximate surface area is 159 Å². The third-order valence-corrected chi connectivity index (χ3v) is 5.87. The first-order valence-electron chi connectivity index (χ1n) is 8.28. The normalized spacial score (nSPS) is 11.5. The summed E-state index contributed by atoms with van der Waals surface area (Å²) in [5.41, 5.74) is 2.11. The smallest absolute Gasteiger partial charge is 0.245 e. The zero-order valence-corrected chi connectivity index (χ0v) is 16.9. The molecule has 2 aromatic carbocycles. The second-order valence-electron chi connectivity index (χ2n) is 6.14. The number of likely N-dealkylation sites (N-methyl/N-ethyl adjacent to an activating group) is 1. The fourth-order valence-corrected chi connectivity index (χ4v) is 3.84. The molecule has 6 nitrogen and oxygen atoms in total. The summed E-state index contributed by atoms with van der Waals surface area (Å²) >= 11 is 0. The third kappa shape index (κ3) is 4.90. The number of benzene rings is 2. The summed E-state index contributed by atoms with van der Waals surface area (Å²) < 4.78 is 56.5. The van der Waals surface area contributed by atoms with Gasteiger partial charge in [-0.3, -0.25) is 0 Å². The first-order valence-corrected chi connectivity index (χ1v) is 9.72. The molecular formula is C19H24FNO5S. The highest BCUT2D eigenvalue weighted by molar-refractivity contribution is 7.89. The van der Waals surface area contributed by atoms with Gasteiger partial charge in [-0.1, -0.05) is 6.07 Å². The molecule has 0 aliphatic carbocycles. The average Bonchev–Trinajstić information content (AvgIpc) is 2.60. The highest BCUT2D eigenvalue weighted by Gasteiger charge is 2.26. The SMILES string of the molecule is COc1cc(F)c(S(=O)(=O)N(C)CCOc2cc(C)cc(C)c2)cc1OC. The molecule has 2 aromatic rings. The van der Waals surface area contributed by atoms with Crippen LogP contribution in [-0.4, -0.2) is 47.1 Å². The fraction of sp³-hybridized carbons (Fsp3) is 0.368. The Balaban J connectivity index is 2.14. The number of hydrogen-bond acceptors (Lipinski definition) is 5. The van der Waals surface area contributed by atoms with Crippen molar-refractivity contribution in [2.24, 2.45) is 0 Å². The van der Waals surface area contributed by atoms with Crippen molar-refractivity contribution in [2.45, 2.75) is 18.7 Å². The molecule has 2 rings (SSSR count). The van der Waals surface area contributed by atoms with Crippen molar-refractivity contribution in [3.63, 3.8) is 0 Å². The molecule has 27 heavy (non-hydrogen) atoms. The summed E-state index contributed by atoms with van der Waals surface area (Å²) in [4.78, 5) is -0.478. The Morgan fingerprint density at radius 3 is 2.07 bits per heavy atom. The van der Waals surface area contributed by atoms with Crippen molar-refractivity contribution < 1.29 is 27.0 Å². The maximum Gasteiger partial charge on any atom is 0.245 e. The van der Waals surface area contributed by atoms with Crippen LogP contribution >= 0.6 is 0 Å². The largest absolute Gasteiger partial charge is 0.493 e. The molecule has 0 radical (unpaired) electrons. The van der Waals surface area contributed by atoms with Gasteiger partial charge in [-0.15, -0.1) is 0 Å². The standard InChI is InChI=1S/C19H24FNO5S/c1-13-8-14(2)10-15(9-13)26-7-6-21(3)27(22,23)19-12-18(25-5)17(24-4)11-16(19)20/h8-12H,6-7H2,1-5H3. The molecule has 0 fully saturated rings. The minimum atomic E-state index is -4.06. The van der Waals surface area contributed by atoms with Gasteiger partial charge in [-0.25, -0.2) is 12.8 Å². The first kappa shape index (κ1) is 21.0. The molecule has 0 saturated carbocycles. The number of methoxy groups -OCH3 is 2. The molecule has 0 amide bonds. The first-order chi connectivity index (χ1) is 12.7. The molecule has 0 heterocycles. The Morgan fingerprint density at radius 1 is 0.963 bits per heavy atom. The van der Waals surface area contributed by atoms with Crippen LogP contribution in [0, 0.1) is 19.7 Å². The van der Waals surface area contributed by atoms with Gasteiger partial charge in [-0.05, 0) is 37.1 Å². The molecule has 0 saturated heterocycles. The van der Waals surface area contributed by atoms with E-state index in [0.717, 1.165) is 27.6 Å². The van der Waals surface area contributed by atoms with E-state index in [9.17, 15) is 12.8 Å². The van der Waals surface area contributed by atoms with Gasteiger partial charge in [-0.2, -0.15) is 4.31 Å². The Kier molecular flexibility index (Phi) is 6.67. The molecule has 148 valence electrons. The van der Waals surface area contributed by atoms with Crippen molar-refractivity contribution in [1.29, 1.82) is 0 Å². The van der Waals surface area contributed by atoms with Gasteiger partial charge < -0.3 is 14.2 Å². The second-order valence-corrected chi connectivity index (χ2v) is 8.15. The van der Waals surface area contributed by atoms with E-state index in [2.05, 4.69) is 0 Å². The van der Waals surface area contributed by atoms with E-state index in [1.165, 1.54) is 21.3 Å². The lowest BCUT2D eigenvalue weighted by molar-refractivity contribution is 0.286. The van der Waals surface area contributed by atoms with Crippen LogP contribution in [0.2, 0.25) is 0 Å². The molecule has 8 heteroatoms. The maximum atomic E-state index is 14.3. The highest BCUT2D eigenvalue weighted by Crippen LogP contribution is 2.32. The quantitative estimate of drug-likeness (QED) is 0.685. The van der Waals surface area contributed by atoms with Crippen molar-refractivity contribution in [1.82, 2.24) is 4.31 Å². The van der Waals surface area contributed by atoms with Crippen molar-refractivity contribution in [3.05, 3.63) is 47.3 Å². The van der Waals surface area contributed by atoms with Crippen LogP contribution in [-0.2, 0) is 10.0 Å². The molecule has 0 aliphatic rings. The number of ether oxygens (including phenoxy) is 3. The van der Waals surface area contributed by atoms with E-state index in [-0.39, 0.29) is 24.7 Å².